The normalized spacial score (nSPS) is 12.6. The number of hydrogen-bond donors (Lipinski definition) is 0. The number of hydrogen-bond acceptors (Lipinski definition) is 4. The Morgan fingerprint density at radius 1 is 1.40 bits per heavy atom. The van der Waals surface area contributed by atoms with Gasteiger partial charge in [-0.05, 0) is 17.9 Å². The van der Waals surface area contributed by atoms with Crippen molar-refractivity contribution in [3.8, 4) is 0 Å². The van der Waals surface area contributed by atoms with Crippen LogP contribution in [0, 0.1) is 16.0 Å². The van der Waals surface area contributed by atoms with Crippen molar-refractivity contribution in [3.05, 3.63) is 52.1 Å². The number of rotatable bonds is 5. The Labute approximate surface area is 117 Å². The molecule has 0 aliphatic rings. The summed E-state index contributed by atoms with van der Waals surface area (Å²) < 4.78 is 1.87. The smallest absolute Gasteiger partial charge is 0.269 e. The summed E-state index contributed by atoms with van der Waals surface area (Å²) in [7, 11) is 1.89. The number of nitro benzene ring substituents is 1. The van der Waals surface area contributed by atoms with Crippen molar-refractivity contribution in [2.45, 2.75) is 26.2 Å². The number of aromatic nitrogens is 3. The van der Waals surface area contributed by atoms with Gasteiger partial charge in [0, 0.05) is 25.1 Å². The van der Waals surface area contributed by atoms with E-state index in [1.807, 2.05) is 17.7 Å². The Bertz CT molecular complexity index is 607. The first-order valence-corrected chi connectivity index (χ1v) is 6.57. The molecule has 0 amide bonds. The van der Waals surface area contributed by atoms with E-state index in [0.29, 0.717) is 5.92 Å². The van der Waals surface area contributed by atoms with Crippen LogP contribution in [0.15, 0.2) is 30.6 Å². The van der Waals surface area contributed by atoms with Crippen molar-refractivity contribution in [1.82, 2.24) is 14.8 Å². The van der Waals surface area contributed by atoms with Gasteiger partial charge in [0.25, 0.3) is 5.69 Å². The van der Waals surface area contributed by atoms with Crippen molar-refractivity contribution in [2.75, 3.05) is 0 Å². The molecular weight excluding hydrogens is 256 g/mol. The molecule has 1 unspecified atom stereocenters. The van der Waals surface area contributed by atoms with Crippen LogP contribution in [0.25, 0.3) is 0 Å². The van der Waals surface area contributed by atoms with Crippen molar-refractivity contribution < 1.29 is 4.92 Å². The topological polar surface area (TPSA) is 73.8 Å². The highest BCUT2D eigenvalue weighted by atomic mass is 16.6. The van der Waals surface area contributed by atoms with E-state index in [1.54, 1.807) is 18.5 Å². The van der Waals surface area contributed by atoms with Crippen molar-refractivity contribution >= 4 is 5.69 Å². The van der Waals surface area contributed by atoms with E-state index in [4.69, 9.17) is 0 Å². The molecule has 0 radical (unpaired) electrons. The third kappa shape index (κ3) is 3.01. The minimum Gasteiger partial charge on any atom is -0.320 e. The zero-order valence-corrected chi connectivity index (χ0v) is 11.9. The lowest BCUT2D eigenvalue weighted by molar-refractivity contribution is -0.384. The Morgan fingerprint density at radius 3 is 2.70 bits per heavy atom. The van der Waals surface area contributed by atoms with Crippen molar-refractivity contribution in [3.63, 3.8) is 0 Å². The highest BCUT2D eigenvalue weighted by molar-refractivity contribution is 5.38. The molecule has 0 spiro atoms. The average molecular weight is 274 g/mol. The fourth-order valence-corrected chi connectivity index (χ4v) is 2.32. The van der Waals surface area contributed by atoms with Crippen molar-refractivity contribution in [1.29, 1.82) is 0 Å². The number of benzene rings is 1. The summed E-state index contributed by atoms with van der Waals surface area (Å²) in [6, 6.07) is 6.76. The molecule has 0 N–H and O–H groups in total. The molecule has 0 fully saturated rings. The minimum absolute atomic E-state index is 0.0161. The second-order valence-corrected chi connectivity index (χ2v) is 5.33. The van der Waals surface area contributed by atoms with Gasteiger partial charge in [-0.3, -0.25) is 10.1 Å². The zero-order chi connectivity index (χ0) is 14.7. The van der Waals surface area contributed by atoms with Gasteiger partial charge in [-0.15, -0.1) is 10.2 Å². The molecule has 6 nitrogen and oxygen atoms in total. The predicted octanol–water partition coefficient (Wildman–Crippen LogP) is 2.90. The fourth-order valence-electron chi connectivity index (χ4n) is 2.32. The van der Waals surface area contributed by atoms with E-state index in [1.165, 1.54) is 6.07 Å². The number of nitrogens with zero attached hydrogens (tertiary/aromatic N) is 4. The first-order chi connectivity index (χ1) is 9.49. The first kappa shape index (κ1) is 14.2. The second kappa shape index (κ2) is 5.81. The third-order valence-electron chi connectivity index (χ3n) is 3.25. The molecule has 0 saturated heterocycles. The maximum atomic E-state index is 10.9. The molecule has 1 heterocycles. The van der Waals surface area contributed by atoms with Crippen LogP contribution in [0.1, 0.15) is 37.6 Å². The molecule has 6 heteroatoms. The maximum absolute atomic E-state index is 10.9. The Balaban J connectivity index is 2.44. The number of nitro groups is 1. The molecule has 20 heavy (non-hydrogen) atoms. The van der Waals surface area contributed by atoms with E-state index >= 15 is 0 Å². The lowest BCUT2D eigenvalue weighted by Crippen LogP contribution is -2.11. The van der Waals surface area contributed by atoms with Crippen LogP contribution in [0.3, 0.4) is 0 Å². The third-order valence-corrected chi connectivity index (χ3v) is 3.25. The van der Waals surface area contributed by atoms with E-state index in [-0.39, 0.29) is 16.5 Å². The minimum atomic E-state index is -0.368. The van der Waals surface area contributed by atoms with Crippen LogP contribution in [-0.4, -0.2) is 19.7 Å². The summed E-state index contributed by atoms with van der Waals surface area (Å²) in [5.74, 6) is 1.30. The molecule has 1 aromatic heterocycles. The number of aryl methyl sites for hydroxylation is 1. The molecule has 0 aliphatic heterocycles. The first-order valence-electron chi connectivity index (χ1n) is 6.57. The average Bonchev–Trinajstić information content (AvgIpc) is 2.82. The summed E-state index contributed by atoms with van der Waals surface area (Å²) >= 11 is 0. The largest absolute Gasteiger partial charge is 0.320 e. The van der Waals surface area contributed by atoms with Crippen LogP contribution < -0.4 is 0 Å². The van der Waals surface area contributed by atoms with E-state index in [9.17, 15) is 10.1 Å². The van der Waals surface area contributed by atoms with Crippen LogP contribution in [0.2, 0.25) is 0 Å². The van der Waals surface area contributed by atoms with E-state index in [0.717, 1.165) is 17.8 Å². The van der Waals surface area contributed by atoms with Gasteiger partial charge in [-0.2, -0.15) is 0 Å². The molecule has 2 rings (SSSR count). The van der Waals surface area contributed by atoms with E-state index < -0.39 is 0 Å². The van der Waals surface area contributed by atoms with Gasteiger partial charge in [0.1, 0.15) is 12.2 Å². The Hall–Kier alpha value is -2.24. The van der Waals surface area contributed by atoms with Gasteiger partial charge in [0.15, 0.2) is 0 Å². The number of non-ortho nitro benzene ring substituents is 1. The zero-order valence-electron chi connectivity index (χ0n) is 11.9. The molecule has 0 bridgehead atoms. The van der Waals surface area contributed by atoms with Gasteiger partial charge < -0.3 is 4.57 Å². The van der Waals surface area contributed by atoms with Gasteiger partial charge in [-0.25, -0.2) is 0 Å². The summed E-state index contributed by atoms with van der Waals surface area (Å²) in [5.41, 5.74) is 1.02. The lowest BCUT2D eigenvalue weighted by Gasteiger charge is -2.18. The molecule has 0 aliphatic carbocycles. The molecule has 1 aromatic carbocycles. The quantitative estimate of drug-likeness (QED) is 0.620. The molecule has 2 aromatic rings. The maximum Gasteiger partial charge on any atom is 0.269 e. The van der Waals surface area contributed by atoms with E-state index in [2.05, 4.69) is 24.0 Å². The second-order valence-electron chi connectivity index (χ2n) is 5.33. The highest BCUT2D eigenvalue weighted by Crippen LogP contribution is 2.31. The van der Waals surface area contributed by atoms with Gasteiger partial charge >= 0.3 is 0 Å². The predicted molar refractivity (Wildman–Crippen MR) is 75.4 cm³/mol. The summed E-state index contributed by atoms with van der Waals surface area (Å²) in [5, 5.41) is 19.0. The molecular formula is C14H18N4O2. The van der Waals surface area contributed by atoms with Gasteiger partial charge in [-0.1, -0.05) is 26.0 Å². The summed E-state index contributed by atoms with van der Waals surface area (Å²) in [6.07, 6.45) is 2.52. The summed E-state index contributed by atoms with van der Waals surface area (Å²) in [4.78, 5) is 10.6. The van der Waals surface area contributed by atoms with Crippen LogP contribution in [0.4, 0.5) is 5.69 Å². The highest BCUT2D eigenvalue weighted by Gasteiger charge is 2.22. The Kier molecular flexibility index (Phi) is 4.12. The van der Waals surface area contributed by atoms with Crippen LogP contribution in [-0.2, 0) is 7.05 Å². The standard InChI is InChI=1S/C14H18N4O2/c1-10(2)7-13(14-16-15-9-17(14)3)11-5-4-6-12(8-11)18(19)20/h4-6,8-10,13H,7H2,1-3H3. The van der Waals surface area contributed by atoms with Gasteiger partial charge in [0.05, 0.1) is 4.92 Å². The molecule has 106 valence electrons. The van der Waals surface area contributed by atoms with Gasteiger partial charge in [0.2, 0.25) is 0 Å². The monoisotopic (exact) mass is 274 g/mol. The molecule has 0 saturated carbocycles. The SMILES string of the molecule is CC(C)CC(c1cccc([N+](=O)[O-])c1)c1nncn1C. The fraction of sp³-hybridized carbons (Fsp3) is 0.429. The lowest BCUT2D eigenvalue weighted by atomic mass is 9.89. The van der Waals surface area contributed by atoms with Crippen LogP contribution >= 0.6 is 0 Å². The molecule has 1 atom stereocenters. The Morgan fingerprint density at radius 2 is 2.15 bits per heavy atom. The summed E-state index contributed by atoms with van der Waals surface area (Å²) in [6.45, 7) is 4.25. The van der Waals surface area contributed by atoms with Crippen LogP contribution in [0.5, 0.6) is 0 Å². The van der Waals surface area contributed by atoms with Crippen molar-refractivity contribution in [2.24, 2.45) is 13.0 Å².